The average molecular weight is 462 g/mol. The quantitative estimate of drug-likeness (QED) is 0.194. The third kappa shape index (κ3) is 5.61. The lowest BCUT2D eigenvalue weighted by Gasteiger charge is -2.10. The molecule has 0 aliphatic heterocycles. The van der Waals surface area contributed by atoms with Crippen LogP contribution in [0.3, 0.4) is 0 Å². The first-order valence-corrected chi connectivity index (χ1v) is 11.0. The first kappa shape index (κ1) is 24.5. The van der Waals surface area contributed by atoms with Crippen LogP contribution in [-0.2, 0) is 9.53 Å². The standard InChI is InChI=1S/C27H27NO6/c1-5-32-21-14-12-19(13-15-21)16-22(20-10-8-7-9-11-20)25(30)28-26-24(27(31)33-6-2)23(17(3)29)18(4)34-26/h7-16H,5-6H2,1-4H3,(H,28,30)/b22-16+. The fraction of sp³-hybridized carbons (Fsp3) is 0.222. The van der Waals surface area contributed by atoms with Crippen molar-refractivity contribution in [2.24, 2.45) is 0 Å². The van der Waals surface area contributed by atoms with Crippen molar-refractivity contribution in [1.82, 2.24) is 0 Å². The molecule has 2 aromatic carbocycles. The molecule has 34 heavy (non-hydrogen) atoms. The Labute approximate surface area is 198 Å². The lowest BCUT2D eigenvalue weighted by atomic mass is 10.0. The van der Waals surface area contributed by atoms with Gasteiger partial charge in [0, 0.05) is 5.57 Å². The van der Waals surface area contributed by atoms with Gasteiger partial charge in [0.15, 0.2) is 5.78 Å². The van der Waals surface area contributed by atoms with Gasteiger partial charge in [-0.15, -0.1) is 0 Å². The highest BCUT2D eigenvalue weighted by Gasteiger charge is 2.29. The molecule has 1 heterocycles. The molecule has 3 aromatic rings. The minimum Gasteiger partial charge on any atom is -0.494 e. The van der Waals surface area contributed by atoms with Gasteiger partial charge < -0.3 is 13.9 Å². The van der Waals surface area contributed by atoms with E-state index in [1.165, 1.54) is 6.92 Å². The second-order valence-electron chi connectivity index (χ2n) is 7.39. The van der Waals surface area contributed by atoms with Crippen LogP contribution in [0, 0.1) is 6.92 Å². The van der Waals surface area contributed by atoms with Gasteiger partial charge in [-0.3, -0.25) is 14.9 Å². The van der Waals surface area contributed by atoms with E-state index in [-0.39, 0.29) is 35.2 Å². The third-order valence-corrected chi connectivity index (χ3v) is 4.97. The van der Waals surface area contributed by atoms with E-state index in [1.807, 2.05) is 49.4 Å². The zero-order valence-electron chi connectivity index (χ0n) is 19.6. The number of carbonyl (C=O) groups is 3. The molecule has 1 N–H and O–H groups in total. The summed E-state index contributed by atoms with van der Waals surface area (Å²) in [6.45, 7) is 7.12. The Kier molecular flexibility index (Phi) is 8.03. The van der Waals surface area contributed by atoms with Crippen LogP contribution in [0.2, 0.25) is 0 Å². The minimum absolute atomic E-state index is 0.0884. The Morgan fingerprint density at radius 3 is 2.21 bits per heavy atom. The van der Waals surface area contributed by atoms with Crippen molar-refractivity contribution in [2.45, 2.75) is 27.7 Å². The Morgan fingerprint density at radius 2 is 1.62 bits per heavy atom. The van der Waals surface area contributed by atoms with Crippen molar-refractivity contribution >= 4 is 35.2 Å². The first-order chi connectivity index (χ1) is 16.3. The fourth-order valence-corrected chi connectivity index (χ4v) is 3.52. The predicted octanol–water partition coefficient (Wildman–Crippen LogP) is 5.55. The van der Waals surface area contributed by atoms with Gasteiger partial charge in [0.1, 0.15) is 17.1 Å². The summed E-state index contributed by atoms with van der Waals surface area (Å²) in [5.41, 5.74) is 1.79. The molecule has 0 atom stereocenters. The van der Waals surface area contributed by atoms with E-state index in [0.717, 1.165) is 11.3 Å². The zero-order valence-corrected chi connectivity index (χ0v) is 19.6. The number of rotatable bonds is 9. The Bertz CT molecular complexity index is 1210. The molecule has 7 heteroatoms. The molecular formula is C27H27NO6. The Balaban J connectivity index is 2.03. The number of furan rings is 1. The maximum Gasteiger partial charge on any atom is 0.344 e. The molecule has 1 aromatic heterocycles. The van der Waals surface area contributed by atoms with E-state index in [9.17, 15) is 14.4 Å². The zero-order chi connectivity index (χ0) is 24.7. The number of esters is 1. The van der Waals surface area contributed by atoms with Crippen molar-refractivity contribution < 1.29 is 28.3 Å². The molecule has 1 amide bonds. The molecule has 0 spiro atoms. The Hall–Kier alpha value is -4.13. The van der Waals surface area contributed by atoms with Crippen molar-refractivity contribution in [3.05, 3.63) is 82.6 Å². The summed E-state index contributed by atoms with van der Waals surface area (Å²) in [5.74, 6) is -0.779. The number of hydrogen-bond donors (Lipinski definition) is 1. The molecule has 7 nitrogen and oxygen atoms in total. The van der Waals surface area contributed by atoms with Gasteiger partial charge in [-0.05, 0) is 57.0 Å². The lowest BCUT2D eigenvalue weighted by Crippen LogP contribution is -2.17. The van der Waals surface area contributed by atoms with Crippen LogP contribution < -0.4 is 10.1 Å². The summed E-state index contributed by atoms with van der Waals surface area (Å²) < 4.78 is 16.2. The molecule has 0 bridgehead atoms. The molecule has 0 aliphatic carbocycles. The summed E-state index contributed by atoms with van der Waals surface area (Å²) in [6.07, 6.45) is 1.73. The third-order valence-electron chi connectivity index (χ3n) is 4.97. The largest absolute Gasteiger partial charge is 0.494 e. The number of amides is 1. The average Bonchev–Trinajstić information content (AvgIpc) is 3.15. The fourth-order valence-electron chi connectivity index (χ4n) is 3.52. The van der Waals surface area contributed by atoms with Gasteiger partial charge in [0.25, 0.3) is 5.91 Å². The van der Waals surface area contributed by atoms with E-state index < -0.39 is 11.9 Å². The number of aryl methyl sites for hydroxylation is 1. The Morgan fingerprint density at radius 1 is 0.941 bits per heavy atom. The first-order valence-electron chi connectivity index (χ1n) is 11.0. The molecule has 0 saturated heterocycles. The highest BCUT2D eigenvalue weighted by Crippen LogP contribution is 2.30. The number of benzene rings is 2. The van der Waals surface area contributed by atoms with E-state index >= 15 is 0 Å². The van der Waals surface area contributed by atoms with Crippen LogP contribution in [0.25, 0.3) is 11.6 Å². The second-order valence-corrected chi connectivity index (χ2v) is 7.39. The smallest absolute Gasteiger partial charge is 0.344 e. The van der Waals surface area contributed by atoms with E-state index in [1.54, 1.807) is 32.1 Å². The highest BCUT2D eigenvalue weighted by atomic mass is 16.5. The maximum absolute atomic E-state index is 13.4. The number of ketones is 1. The summed E-state index contributed by atoms with van der Waals surface area (Å²) in [4.78, 5) is 38.2. The van der Waals surface area contributed by atoms with E-state index in [2.05, 4.69) is 5.32 Å². The van der Waals surface area contributed by atoms with Gasteiger partial charge in [0.05, 0.1) is 18.8 Å². The van der Waals surface area contributed by atoms with Crippen LogP contribution in [-0.4, -0.2) is 30.9 Å². The molecular weight excluding hydrogens is 434 g/mol. The van der Waals surface area contributed by atoms with Crippen molar-refractivity contribution in [2.75, 3.05) is 18.5 Å². The van der Waals surface area contributed by atoms with Gasteiger partial charge >= 0.3 is 5.97 Å². The van der Waals surface area contributed by atoms with Gasteiger partial charge in [0.2, 0.25) is 5.88 Å². The summed E-state index contributed by atoms with van der Waals surface area (Å²) >= 11 is 0. The minimum atomic E-state index is -0.739. The monoisotopic (exact) mass is 461 g/mol. The summed E-state index contributed by atoms with van der Waals surface area (Å²) in [7, 11) is 0. The number of carbonyl (C=O) groups excluding carboxylic acids is 3. The van der Waals surface area contributed by atoms with Crippen molar-refractivity contribution in [3.63, 3.8) is 0 Å². The summed E-state index contributed by atoms with van der Waals surface area (Å²) in [5, 5.41) is 2.66. The molecule has 0 radical (unpaired) electrons. The normalized spacial score (nSPS) is 11.1. The molecule has 0 fully saturated rings. The second kappa shape index (κ2) is 11.1. The molecule has 176 valence electrons. The van der Waals surface area contributed by atoms with Crippen LogP contribution in [0.5, 0.6) is 5.75 Å². The topological polar surface area (TPSA) is 94.8 Å². The van der Waals surface area contributed by atoms with Crippen molar-refractivity contribution in [3.8, 4) is 5.75 Å². The summed E-state index contributed by atoms with van der Waals surface area (Å²) in [6, 6.07) is 16.4. The molecule has 0 aliphatic rings. The maximum atomic E-state index is 13.4. The van der Waals surface area contributed by atoms with Gasteiger partial charge in [-0.1, -0.05) is 42.5 Å². The van der Waals surface area contributed by atoms with Crippen LogP contribution in [0.15, 0.2) is 59.0 Å². The molecule has 0 unspecified atom stereocenters. The lowest BCUT2D eigenvalue weighted by molar-refractivity contribution is -0.111. The number of Topliss-reactive ketones (excluding diaryl/α,β-unsaturated/α-hetero) is 1. The van der Waals surface area contributed by atoms with Gasteiger partial charge in [-0.25, -0.2) is 4.79 Å². The van der Waals surface area contributed by atoms with Crippen LogP contribution in [0.1, 0.15) is 58.4 Å². The number of anilines is 1. The molecule has 3 rings (SSSR count). The highest BCUT2D eigenvalue weighted by molar-refractivity contribution is 6.29. The van der Waals surface area contributed by atoms with Crippen LogP contribution in [0.4, 0.5) is 5.88 Å². The number of hydrogen-bond acceptors (Lipinski definition) is 6. The van der Waals surface area contributed by atoms with E-state index in [4.69, 9.17) is 13.9 Å². The van der Waals surface area contributed by atoms with E-state index in [0.29, 0.717) is 17.7 Å². The van der Waals surface area contributed by atoms with Crippen LogP contribution >= 0.6 is 0 Å². The molecule has 0 saturated carbocycles. The number of ether oxygens (including phenoxy) is 2. The SMILES string of the molecule is CCOC(=O)c1c(NC(=O)/C(=C/c2ccc(OCC)cc2)c2ccccc2)oc(C)c1C(C)=O. The van der Waals surface area contributed by atoms with Crippen molar-refractivity contribution in [1.29, 1.82) is 0 Å². The number of nitrogens with one attached hydrogen (secondary N) is 1. The van der Waals surface area contributed by atoms with Gasteiger partial charge in [-0.2, -0.15) is 0 Å². The predicted molar refractivity (Wildman–Crippen MR) is 130 cm³/mol.